The molecule has 0 radical (unpaired) electrons. The number of pyridine rings is 2. The minimum absolute atomic E-state index is 0.226. The summed E-state index contributed by atoms with van der Waals surface area (Å²) in [6, 6.07) is 6.11. The molecule has 35 heavy (non-hydrogen) atoms. The van der Waals surface area contributed by atoms with Crippen molar-refractivity contribution in [3.05, 3.63) is 83.0 Å². The number of hydrogen-bond acceptors (Lipinski definition) is 6. The second-order valence-corrected chi connectivity index (χ2v) is 9.34. The maximum atomic E-state index is 15.9. The molecule has 5 aromatic heterocycles. The second-order valence-electron chi connectivity index (χ2n) is 8.40. The van der Waals surface area contributed by atoms with Gasteiger partial charge in [-0.15, -0.1) is 11.3 Å². The van der Waals surface area contributed by atoms with E-state index < -0.39 is 5.82 Å². The first-order valence-electron chi connectivity index (χ1n) is 11.1. The van der Waals surface area contributed by atoms with Crippen LogP contribution < -0.4 is 5.32 Å². The summed E-state index contributed by atoms with van der Waals surface area (Å²) in [5, 5.41) is 12.7. The molecule has 0 saturated heterocycles. The number of aryl methyl sites for hydroxylation is 1. The number of thiophene rings is 1. The lowest BCUT2D eigenvalue weighted by molar-refractivity contribution is 0.642. The fraction of sp³-hybridized carbons (Fsp3) is 0.154. The highest BCUT2D eigenvalue weighted by Crippen LogP contribution is 2.35. The molecule has 5 aromatic rings. The smallest absolute Gasteiger partial charge is 0.184 e. The number of imidazole rings is 1. The van der Waals surface area contributed by atoms with Gasteiger partial charge >= 0.3 is 0 Å². The largest absolute Gasteiger partial charge is 0.382 e. The Bertz CT molecular complexity index is 1540. The van der Waals surface area contributed by atoms with Crippen LogP contribution in [0, 0.1) is 12.7 Å². The van der Waals surface area contributed by atoms with Crippen LogP contribution >= 0.6 is 11.3 Å². The number of allylic oxidation sites excluding steroid dienone is 2. The van der Waals surface area contributed by atoms with E-state index in [1.165, 1.54) is 6.20 Å². The minimum Gasteiger partial charge on any atom is -0.382 e. The molecule has 0 atom stereocenters. The van der Waals surface area contributed by atoms with Crippen molar-refractivity contribution in [3.63, 3.8) is 0 Å². The van der Waals surface area contributed by atoms with Gasteiger partial charge in [0.25, 0.3) is 0 Å². The number of anilines is 1. The summed E-state index contributed by atoms with van der Waals surface area (Å²) in [4.78, 5) is 17.8. The van der Waals surface area contributed by atoms with Gasteiger partial charge in [0.2, 0.25) is 0 Å². The highest BCUT2D eigenvalue weighted by Gasteiger charge is 2.22. The minimum atomic E-state index is -0.432. The predicted octanol–water partition coefficient (Wildman–Crippen LogP) is 6.36. The molecule has 0 spiro atoms. The maximum absolute atomic E-state index is 15.9. The molecule has 9 heteroatoms. The summed E-state index contributed by atoms with van der Waals surface area (Å²) in [7, 11) is 0. The molecule has 0 amide bonds. The summed E-state index contributed by atoms with van der Waals surface area (Å²) in [6.07, 6.45) is 8.49. The lowest BCUT2D eigenvalue weighted by Crippen LogP contribution is -2.09. The molecule has 0 aliphatic rings. The molecule has 0 bridgehead atoms. The van der Waals surface area contributed by atoms with Crippen LogP contribution in [0.5, 0.6) is 0 Å². The summed E-state index contributed by atoms with van der Waals surface area (Å²) in [5.41, 5.74) is 5.06. The number of halogens is 1. The predicted molar refractivity (Wildman–Crippen MR) is 140 cm³/mol. The number of aromatic nitrogens is 6. The van der Waals surface area contributed by atoms with Gasteiger partial charge in [-0.3, -0.25) is 10.1 Å². The Hall–Kier alpha value is -4.11. The first-order valence-corrected chi connectivity index (χ1v) is 12.0. The molecular formula is C26H24FN7S. The van der Waals surface area contributed by atoms with E-state index in [1.807, 2.05) is 50.4 Å². The monoisotopic (exact) mass is 485 g/mol. The van der Waals surface area contributed by atoms with Crippen LogP contribution in [0.2, 0.25) is 0 Å². The lowest BCUT2D eigenvalue weighted by Gasteiger charge is -2.11. The van der Waals surface area contributed by atoms with Gasteiger partial charge in [-0.2, -0.15) is 5.10 Å². The van der Waals surface area contributed by atoms with Gasteiger partial charge < -0.3 is 10.3 Å². The molecule has 0 aliphatic heterocycles. The molecule has 7 nitrogen and oxygen atoms in total. The quantitative estimate of drug-likeness (QED) is 0.233. The number of nitrogens with zero attached hydrogens (tertiary/aromatic N) is 4. The average Bonchev–Trinajstić information content (AvgIpc) is 3.58. The van der Waals surface area contributed by atoms with Crippen molar-refractivity contribution in [2.24, 2.45) is 0 Å². The first-order chi connectivity index (χ1) is 17.0. The van der Waals surface area contributed by atoms with Crippen LogP contribution in [-0.4, -0.2) is 36.2 Å². The Balaban J connectivity index is 1.61. The molecule has 0 fully saturated rings. The second kappa shape index (κ2) is 9.27. The van der Waals surface area contributed by atoms with Crippen LogP contribution in [0.1, 0.15) is 30.1 Å². The maximum Gasteiger partial charge on any atom is 0.184 e. The Morgan fingerprint density at radius 3 is 2.86 bits per heavy atom. The third-order valence-corrected chi connectivity index (χ3v) is 6.37. The van der Waals surface area contributed by atoms with Crippen LogP contribution in [0.3, 0.4) is 0 Å². The van der Waals surface area contributed by atoms with Crippen LogP contribution in [0.25, 0.3) is 39.3 Å². The van der Waals surface area contributed by atoms with E-state index in [4.69, 9.17) is 4.98 Å². The molecule has 0 unspecified atom stereocenters. The van der Waals surface area contributed by atoms with Crippen LogP contribution in [0.4, 0.5) is 10.1 Å². The number of H-pyrrole nitrogens is 2. The van der Waals surface area contributed by atoms with E-state index in [2.05, 4.69) is 37.0 Å². The number of hydrogen-bond donors (Lipinski definition) is 3. The van der Waals surface area contributed by atoms with Gasteiger partial charge in [0.05, 0.1) is 16.8 Å². The molecule has 0 saturated carbocycles. The molecule has 3 N–H and O–H groups in total. The number of nitrogens with one attached hydrogen (secondary N) is 3. The zero-order valence-electron chi connectivity index (χ0n) is 19.6. The van der Waals surface area contributed by atoms with Crippen molar-refractivity contribution in [2.45, 2.75) is 26.8 Å². The summed E-state index contributed by atoms with van der Waals surface area (Å²) >= 11 is 1.62. The number of aromatic amines is 2. The first kappa shape index (κ1) is 22.7. The van der Waals surface area contributed by atoms with E-state index in [-0.39, 0.29) is 17.1 Å². The fourth-order valence-electron chi connectivity index (χ4n) is 3.99. The van der Waals surface area contributed by atoms with Gasteiger partial charge in [-0.25, -0.2) is 14.4 Å². The van der Waals surface area contributed by atoms with E-state index >= 15 is 4.39 Å². The van der Waals surface area contributed by atoms with Gasteiger partial charge in [0, 0.05) is 51.9 Å². The Morgan fingerprint density at radius 1 is 1.26 bits per heavy atom. The molecule has 5 rings (SSSR count). The van der Waals surface area contributed by atoms with Crippen molar-refractivity contribution in [3.8, 4) is 22.6 Å². The zero-order valence-corrected chi connectivity index (χ0v) is 20.4. The van der Waals surface area contributed by atoms with E-state index in [0.29, 0.717) is 22.6 Å². The SMILES string of the molecule is C=C/C=C(/c1cccs1)c1nc(-c2[nH]nc3ncc(-c4cncc(NC(C)C)c4)c(F)c23)[nH]c1C. The van der Waals surface area contributed by atoms with Gasteiger partial charge in [-0.1, -0.05) is 24.8 Å². The zero-order chi connectivity index (χ0) is 24.5. The lowest BCUT2D eigenvalue weighted by atomic mass is 10.1. The van der Waals surface area contributed by atoms with Crippen molar-refractivity contribution in [1.82, 2.24) is 30.1 Å². The van der Waals surface area contributed by atoms with Crippen molar-refractivity contribution in [1.29, 1.82) is 0 Å². The molecule has 5 heterocycles. The van der Waals surface area contributed by atoms with Crippen molar-refractivity contribution in [2.75, 3.05) is 5.32 Å². The van der Waals surface area contributed by atoms with E-state index in [0.717, 1.165) is 27.5 Å². The molecule has 176 valence electrons. The number of fused-ring (bicyclic) bond motifs is 1. The van der Waals surface area contributed by atoms with E-state index in [1.54, 1.807) is 29.8 Å². The van der Waals surface area contributed by atoms with Gasteiger partial charge in [0.15, 0.2) is 11.5 Å². The summed E-state index contributed by atoms with van der Waals surface area (Å²) in [6.45, 7) is 9.85. The van der Waals surface area contributed by atoms with Gasteiger partial charge in [0.1, 0.15) is 11.5 Å². The highest BCUT2D eigenvalue weighted by atomic mass is 32.1. The van der Waals surface area contributed by atoms with E-state index in [9.17, 15) is 0 Å². The van der Waals surface area contributed by atoms with Crippen LogP contribution in [-0.2, 0) is 0 Å². The molecule has 0 aromatic carbocycles. The Labute approximate surface area is 205 Å². The van der Waals surface area contributed by atoms with Crippen LogP contribution in [0.15, 0.2) is 60.9 Å². The third kappa shape index (κ3) is 4.26. The average molecular weight is 486 g/mol. The molecular weight excluding hydrogens is 461 g/mol. The Kier molecular flexibility index (Phi) is 6.00. The fourth-order valence-corrected chi connectivity index (χ4v) is 4.74. The third-order valence-electron chi connectivity index (χ3n) is 5.47. The summed E-state index contributed by atoms with van der Waals surface area (Å²) < 4.78 is 15.9. The van der Waals surface area contributed by atoms with Gasteiger partial charge in [-0.05, 0) is 38.3 Å². The topological polar surface area (TPSA) is 95.2 Å². The van der Waals surface area contributed by atoms with Crippen molar-refractivity contribution < 1.29 is 4.39 Å². The molecule has 0 aliphatic carbocycles. The standard InChI is InChI=1S/C26H24FN7S/c1-5-7-18(20-8-6-9-35-20)23-15(4)31-26(32-23)24-21-22(27)19(13-29-25(21)34-33-24)16-10-17(12-28-11-16)30-14(2)3/h5-14,30H,1H2,2-4H3,(H,31,32)(H,29,33,34)/b18-7-. The van der Waals surface area contributed by atoms with Crippen molar-refractivity contribution >= 4 is 33.6 Å². The summed E-state index contributed by atoms with van der Waals surface area (Å²) in [5.74, 6) is 0.0516. The highest BCUT2D eigenvalue weighted by molar-refractivity contribution is 7.11. The normalized spacial score (nSPS) is 12.0. The Morgan fingerprint density at radius 2 is 2.11 bits per heavy atom. The number of rotatable bonds is 7.